The van der Waals surface area contributed by atoms with E-state index >= 15 is 0 Å². The fraction of sp³-hybridized carbons (Fsp3) is 0.375. The van der Waals surface area contributed by atoms with Crippen LogP contribution in [-0.2, 0) is 27.4 Å². The first-order valence-electron chi connectivity index (χ1n) is 10.4. The van der Waals surface area contributed by atoms with Crippen molar-refractivity contribution in [3.05, 3.63) is 65.7 Å². The SMILES string of the molecule is COc1ccccc1C[C@H](NC(=O)[C@H](CC(C)C)NC(=O)OCc1ccccc1)C(=O)O. The van der Waals surface area contributed by atoms with Crippen molar-refractivity contribution < 1.29 is 29.0 Å². The second-order valence-electron chi connectivity index (χ2n) is 7.80. The molecule has 32 heavy (non-hydrogen) atoms. The maximum Gasteiger partial charge on any atom is 0.408 e. The first-order chi connectivity index (χ1) is 15.3. The van der Waals surface area contributed by atoms with E-state index in [1.54, 1.807) is 24.3 Å². The van der Waals surface area contributed by atoms with Gasteiger partial charge in [-0.05, 0) is 29.5 Å². The fourth-order valence-electron chi connectivity index (χ4n) is 3.17. The summed E-state index contributed by atoms with van der Waals surface area (Å²) in [5.74, 6) is -1.15. The number of carboxylic acids is 1. The van der Waals surface area contributed by atoms with Gasteiger partial charge in [-0.3, -0.25) is 4.79 Å². The molecule has 8 heteroatoms. The number of methoxy groups -OCH3 is 1. The van der Waals surface area contributed by atoms with Crippen molar-refractivity contribution in [2.75, 3.05) is 7.11 Å². The highest BCUT2D eigenvalue weighted by Crippen LogP contribution is 2.19. The van der Waals surface area contributed by atoms with E-state index in [1.807, 2.05) is 44.2 Å². The number of carbonyl (C=O) groups is 3. The molecule has 8 nitrogen and oxygen atoms in total. The summed E-state index contributed by atoms with van der Waals surface area (Å²) < 4.78 is 10.5. The minimum Gasteiger partial charge on any atom is -0.496 e. The lowest BCUT2D eigenvalue weighted by molar-refractivity contribution is -0.142. The second kappa shape index (κ2) is 12.3. The quantitative estimate of drug-likeness (QED) is 0.493. The maximum absolute atomic E-state index is 12.9. The smallest absolute Gasteiger partial charge is 0.408 e. The third-order valence-electron chi connectivity index (χ3n) is 4.76. The van der Waals surface area contributed by atoms with E-state index in [9.17, 15) is 19.5 Å². The van der Waals surface area contributed by atoms with E-state index in [4.69, 9.17) is 9.47 Å². The summed E-state index contributed by atoms with van der Waals surface area (Å²) in [6.45, 7) is 3.87. The lowest BCUT2D eigenvalue weighted by Crippen LogP contribution is -2.52. The van der Waals surface area contributed by atoms with Gasteiger partial charge in [-0.2, -0.15) is 0 Å². The summed E-state index contributed by atoms with van der Waals surface area (Å²) in [5.41, 5.74) is 1.47. The van der Waals surface area contributed by atoms with Crippen LogP contribution in [0.1, 0.15) is 31.4 Å². The van der Waals surface area contributed by atoms with Crippen LogP contribution in [0.3, 0.4) is 0 Å². The topological polar surface area (TPSA) is 114 Å². The Morgan fingerprint density at radius 1 is 0.938 bits per heavy atom. The van der Waals surface area contributed by atoms with Crippen LogP contribution in [0.15, 0.2) is 54.6 Å². The molecule has 0 bridgehead atoms. The molecule has 3 N–H and O–H groups in total. The van der Waals surface area contributed by atoms with Crippen LogP contribution < -0.4 is 15.4 Å². The van der Waals surface area contributed by atoms with Crippen molar-refractivity contribution >= 4 is 18.0 Å². The number of carbonyl (C=O) groups excluding carboxylic acids is 2. The summed E-state index contributed by atoms with van der Waals surface area (Å²) in [4.78, 5) is 36.9. The Hall–Kier alpha value is -3.55. The molecular formula is C24H30N2O6. The van der Waals surface area contributed by atoms with Gasteiger partial charge in [0.25, 0.3) is 0 Å². The van der Waals surface area contributed by atoms with Crippen LogP contribution >= 0.6 is 0 Å². The van der Waals surface area contributed by atoms with Crippen LogP contribution in [0.5, 0.6) is 5.75 Å². The number of carboxylic acid groups (broad SMARTS) is 1. The van der Waals surface area contributed by atoms with Gasteiger partial charge in [0, 0.05) is 6.42 Å². The van der Waals surface area contributed by atoms with E-state index in [1.165, 1.54) is 7.11 Å². The Balaban J connectivity index is 2.03. The molecule has 2 rings (SSSR count). The van der Waals surface area contributed by atoms with Crippen LogP contribution in [0.4, 0.5) is 4.79 Å². The van der Waals surface area contributed by atoms with Gasteiger partial charge < -0.3 is 25.2 Å². The number of amides is 2. The van der Waals surface area contributed by atoms with Crippen molar-refractivity contribution in [2.24, 2.45) is 5.92 Å². The van der Waals surface area contributed by atoms with Crippen molar-refractivity contribution in [2.45, 2.75) is 45.4 Å². The second-order valence-corrected chi connectivity index (χ2v) is 7.80. The fourth-order valence-corrected chi connectivity index (χ4v) is 3.17. The highest BCUT2D eigenvalue weighted by molar-refractivity contribution is 5.89. The number of rotatable bonds is 11. The van der Waals surface area contributed by atoms with Gasteiger partial charge in [-0.15, -0.1) is 0 Å². The molecule has 0 aliphatic rings. The molecule has 2 atom stereocenters. The van der Waals surface area contributed by atoms with E-state index < -0.39 is 30.1 Å². The van der Waals surface area contributed by atoms with Gasteiger partial charge >= 0.3 is 12.1 Å². The first kappa shape index (κ1) is 24.7. The third kappa shape index (κ3) is 7.94. The summed E-state index contributed by atoms with van der Waals surface area (Å²) >= 11 is 0. The van der Waals surface area contributed by atoms with Gasteiger partial charge in [0.2, 0.25) is 5.91 Å². The number of hydrogen-bond donors (Lipinski definition) is 3. The molecule has 0 aliphatic heterocycles. The Kier molecular flexibility index (Phi) is 9.53. The Morgan fingerprint density at radius 3 is 2.22 bits per heavy atom. The summed E-state index contributed by atoms with van der Waals surface area (Å²) in [7, 11) is 1.50. The van der Waals surface area contributed by atoms with Gasteiger partial charge in [-0.25, -0.2) is 9.59 Å². The number of alkyl carbamates (subject to hydrolysis) is 1. The predicted molar refractivity (Wildman–Crippen MR) is 119 cm³/mol. The largest absolute Gasteiger partial charge is 0.496 e. The molecular weight excluding hydrogens is 412 g/mol. The van der Waals surface area contributed by atoms with Gasteiger partial charge in [0.1, 0.15) is 24.4 Å². The molecule has 0 saturated carbocycles. The number of hydrogen-bond acceptors (Lipinski definition) is 5. The first-order valence-corrected chi connectivity index (χ1v) is 10.4. The van der Waals surface area contributed by atoms with E-state index in [0.717, 1.165) is 5.56 Å². The molecule has 2 amide bonds. The van der Waals surface area contributed by atoms with E-state index in [-0.39, 0.29) is 18.9 Å². The molecule has 0 unspecified atom stereocenters. The Morgan fingerprint density at radius 2 is 1.59 bits per heavy atom. The van der Waals surface area contributed by atoms with Crippen LogP contribution in [0, 0.1) is 5.92 Å². The molecule has 0 aliphatic carbocycles. The average molecular weight is 443 g/mol. The normalized spacial score (nSPS) is 12.5. The lowest BCUT2D eigenvalue weighted by Gasteiger charge is -2.23. The molecule has 0 spiro atoms. The number of aliphatic carboxylic acids is 1. The minimum absolute atomic E-state index is 0.0396. The predicted octanol–water partition coefficient (Wildman–Crippen LogP) is 3.15. The zero-order valence-corrected chi connectivity index (χ0v) is 18.5. The standard InChI is InChI=1S/C24H30N2O6/c1-16(2)13-19(26-24(30)32-15-17-9-5-4-6-10-17)22(27)25-20(23(28)29)14-18-11-7-8-12-21(18)31-3/h4-12,16,19-20H,13-15H2,1-3H3,(H,25,27)(H,26,30)(H,28,29)/t19-,20-/m0/s1. The number of benzene rings is 2. The summed E-state index contributed by atoms with van der Waals surface area (Å²) in [6.07, 6.45) is -0.378. The molecule has 0 heterocycles. The Bertz CT molecular complexity index is 900. The maximum atomic E-state index is 12.9. The number of nitrogens with one attached hydrogen (secondary N) is 2. The zero-order chi connectivity index (χ0) is 23.5. The van der Waals surface area contributed by atoms with Crippen LogP contribution in [-0.4, -0.2) is 42.3 Å². The average Bonchev–Trinajstić information content (AvgIpc) is 2.77. The molecule has 172 valence electrons. The Labute approximate surface area is 187 Å². The van der Waals surface area contributed by atoms with E-state index in [0.29, 0.717) is 17.7 Å². The highest BCUT2D eigenvalue weighted by Gasteiger charge is 2.28. The molecule has 0 aromatic heterocycles. The molecule has 0 radical (unpaired) electrons. The number of ether oxygens (including phenoxy) is 2. The highest BCUT2D eigenvalue weighted by atomic mass is 16.5. The van der Waals surface area contributed by atoms with Gasteiger partial charge in [0.15, 0.2) is 0 Å². The minimum atomic E-state index is -1.18. The van der Waals surface area contributed by atoms with Crippen LogP contribution in [0.25, 0.3) is 0 Å². The van der Waals surface area contributed by atoms with Gasteiger partial charge in [0.05, 0.1) is 7.11 Å². The molecule has 2 aromatic rings. The lowest BCUT2D eigenvalue weighted by atomic mass is 10.0. The molecule has 2 aromatic carbocycles. The van der Waals surface area contributed by atoms with Gasteiger partial charge in [-0.1, -0.05) is 62.4 Å². The molecule has 0 saturated heterocycles. The van der Waals surface area contributed by atoms with Crippen molar-refractivity contribution in [1.82, 2.24) is 10.6 Å². The summed E-state index contributed by atoms with van der Waals surface area (Å²) in [5, 5.41) is 14.7. The van der Waals surface area contributed by atoms with Crippen molar-refractivity contribution in [3.63, 3.8) is 0 Å². The summed E-state index contributed by atoms with van der Waals surface area (Å²) in [6, 6.07) is 14.1. The van der Waals surface area contributed by atoms with Crippen molar-refractivity contribution in [1.29, 1.82) is 0 Å². The monoisotopic (exact) mass is 442 g/mol. The van der Waals surface area contributed by atoms with E-state index in [2.05, 4.69) is 10.6 Å². The molecule has 0 fully saturated rings. The van der Waals surface area contributed by atoms with Crippen LogP contribution in [0.2, 0.25) is 0 Å². The zero-order valence-electron chi connectivity index (χ0n) is 18.5. The van der Waals surface area contributed by atoms with Crippen molar-refractivity contribution in [3.8, 4) is 5.75 Å². The third-order valence-corrected chi connectivity index (χ3v) is 4.76. The number of para-hydroxylation sites is 1.